The van der Waals surface area contributed by atoms with Crippen LogP contribution in [-0.4, -0.2) is 74.5 Å². The third kappa shape index (κ3) is 6.34. The second-order valence-electron chi connectivity index (χ2n) is 10.5. The van der Waals surface area contributed by atoms with Crippen molar-refractivity contribution in [3.63, 3.8) is 0 Å². The minimum Gasteiger partial charge on any atom is -0.361 e. The van der Waals surface area contributed by atoms with Crippen molar-refractivity contribution < 1.29 is 13.2 Å². The van der Waals surface area contributed by atoms with E-state index >= 15 is 0 Å². The van der Waals surface area contributed by atoms with E-state index in [1.165, 1.54) is 0 Å². The number of hydrogen-bond donors (Lipinski definition) is 1. The summed E-state index contributed by atoms with van der Waals surface area (Å²) in [7, 11) is -2.41. The molecule has 1 atom stereocenters. The van der Waals surface area contributed by atoms with Crippen LogP contribution in [0.3, 0.4) is 0 Å². The highest BCUT2D eigenvalue weighted by molar-refractivity contribution is 7.92. The minimum absolute atomic E-state index is 0.0257. The van der Waals surface area contributed by atoms with Gasteiger partial charge in [-0.25, -0.2) is 23.4 Å². The maximum Gasteiger partial charge on any atom is 0.232 e. The molecule has 0 bridgehead atoms. The van der Waals surface area contributed by atoms with Crippen LogP contribution in [0, 0.1) is 0 Å². The zero-order valence-corrected chi connectivity index (χ0v) is 23.6. The average molecular weight is 532 g/mol. The van der Waals surface area contributed by atoms with Crippen molar-refractivity contribution >= 4 is 46.5 Å². The summed E-state index contributed by atoms with van der Waals surface area (Å²) in [4.78, 5) is 18.1. The molecule has 196 valence electrons. The number of pyridine rings is 1. The number of sulfonamides is 1. The monoisotopic (exact) mass is 531 g/mol. The Morgan fingerprint density at radius 3 is 2.69 bits per heavy atom. The van der Waals surface area contributed by atoms with Crippen molar-refractivity contribution in [2.24, 2.45) is 0 Å². The number of ether oxygens (including phenoxy) is 1. The summed E-state index contributed by atoms with van der Waals surface area (Å²) in [5.74, 6) is 1.77. The molecular formula is C24H37N7O3SSi. The van der Waals surface area contributed by atoms with Gasteiger partial charge >= 0.3 is 0 Å². The normalized spacial score (nSPS) is 16.6. The summed E-state index contributed by atoms with van der Waals surface area (Å²) in [6.45, 7) is 11.6. The molecule has 10 nitrogen and oxygen atoms in total. The molecule has 1 aliphatic heterocycles. The number of rotatable bonds is 11. The maximum absolute atomic E-state index is 11.8. The van der Waals surface area contributed by atoms with Crippen molar-refractivity contribution in [1.29, 1.82) is 0 Å². The van der Waals surface area contributed by atoms with Crippen LogP contribution in [0.15, 0.2) is 36.9 Å². The molecular weight excluding hydrogens is 494 g/mol. The Bertz CT molecular complexity index is 1280. The summed E-state index contributed by atoms with van der Waals surface area (Å²) in [6, 6.07) is 7.07. The summed E-state index contributed by atoms with van der Waals surface area (Å²) < 4.78 is 34.1. The number of nitrogens with zero attached hydrogens (tertiary/aromatic N) is 6. The molecule has 0 aromatic carbocycles. The van der Waals surface area contributed by atoms with E-state index < -0.39 is 18.1 Å². The van der Waals surface area contributed by atoms with Crippen molar-refractivity contribution in [1.82, 2.24) is 19.5 Å². The summed E-state index contributed by atoms with van der Waals surface area (Å²) >= 11 is 0. The molecule has 1 saturated heterocycles. The maximum atomic E-state index is 11.8. The van der Waals surface area contributed by atoms with Gasteiger partial charge in [-0.1, -0.05) is 19.6 Å². The number of anilines is 3. The van der Waals surface area contributed by atoms with Crippen LogP contribution in [0.25, 0.3) is 11.0 Å². The third-order valence-corrected chi connectivity index (χ3v) is 9.55. The molecule has 0 amide bonds. The van der Waals surface area contributed by atoms with Crippen LogP contribution >= 0.6 is 0 Å². The van der Waals surface area contributed by atoms with Gasteiger partial charge < -0.3 is 19.1 Å². The van der Waals surface area contributed by atoms with E-state index in [2.05, 4.69) is 55.2 Å². The van der Waals surface area contributed by atoms with Gasteiger partial charge in [0.15, 0.2) is 0 Å². The lowest BCUT2D eigenvalue weighted by Crippen LogP contribution is -2.35. The van der Waals surface area contributed by atoms with Crippen LogP contribution in [0.1, 0.15) is 13.3 Å². The largest absolute Gasteiger partial charge is 0.361 e. The highest BCUT2D eigenvalue weighted by Crippen LogP contribution is 2.29. The Kier molecular flexibility index (Phi) is 7.86. The third-order valence-electron chi connectivity index (χ3n) is 6.54. The second kappa shape index (κ2) is 10.7. The van der Waals surface area contributed by atoms with Crippen LogP contribution in [0.2, 0.25) is 25.7 Å². The Balaban J connectivity index is 1.40. The molecule has 4 rings (SSSR count). The molecule has 0 unspecified atom stereocenters. The van der Waals surface area contributed by atoms with Crippen molar-refractivity contribution in [2.45, 2.75) is 51.8 Å². The first-order chi connectivity index (χ1) is 17.1. The van der Waals surface area contributed by atoms with E-state index in [0.29, 0.717) is 12.4 Å². The fourth-order valence-electron chi connectivity index (χ4n) is 4.23. The van der Waals surface area contributed by atoms with Crippen LogP contribution in [0.5, 0.6) is 0 Å². The highest BCUT2D eigenvalue weighted by atomic mass is 32.2. The quantitative estimate of drug-likeness (QED) is 0.295. The van der Waals surface area contributed by atoms with Gasteiger partial charge in [0.05, 0.1) is 23.0 Å². The number of hydrogen-bond acceptors (Lipinski definition) is 8. The fraction of sp³-hybridized carbons (Fsp3) is 0.542. The first kappa shape index (κ1) is 26.4. The van der Waals surface area contributed by atoms with Gasteiger partial charge in [0.1, 0.15) is 30.3 Å². The van der Waals surface area contributed by atoms with Crippen molar-refractivity contribution in [3.8, 4) is 0 Å². The van der Waals surface area contributed by atoms with Crippen molar-refractivity contribution in [2.75, 3.05) is 47.0 Å². The smallest absolute Gasteiger partial charge is 0.232 e. The SMILES string of the molecule is CCS(=O)(=O)Nc1ccc(N(C)[C@@H]2CCN(c3ncnc4c3ccn4COCC[Si](C)(C)C)C2)nc1. The first-order valence-corrected chi connectivity index (χ1v) is 17.7. The standard InChI is InChI=1S/C24H37N7O3SSi/c1-6-35(32,33)28-19-7-8-22(25-15-19)29(2)20-9-11-30(16-20)23-21-10-12-31(24(21)27-17-26-23)18-34-13-14-36(3,4)5/h7-8,10,12,15,17,20,28H,6,9,11,13-14,16,18H2,1-5H3/t20-/m1/s1. The molecule has 1 N–H and O–H groups in total. The predicted octanol–water partition coefficient (Wildman–Crippen LogP) is 3.62. The lowest BCUT2D eigenvalue weighted by atomic mass is 10.2. The Morgan fingerprint density at radius 2 is 2.00 bits per heavy atom. The van der Waals surface area contributed by atoms with Gasteiger partial charge in [-0.2, -0.15) is 0 Å². The number of aromatic nitrogens is 4. The molecule has 3 aromatic rings. The first-order valence-electron chi connectivity index (χ1n) is 12.4. The van der Waals surface area contributed by atoms with E-state index in [1.807, 2.05) is 23.9 Å². The number of nitrogens with one attached hydrogen (secondary N) is 1. The fourth-order valence-corrected chi connectivity index (χ4v) is 5.61. The molecule has 12 heteroatoms. The molecule has 0 aliphatic carbocycles. The zero-order chi connectivity index (χ0) is 25.9. The molecule has 1 aliphatic rings. The highest BCUT2D eigenvalue weighted by Gasteiger charge is 2.29. The average Bonchev–Trinajstić information content (AvgIpc) is 3.49. The Hall–Kier alpha value is -2.70. The summed E-state index contributed by atoms with van der Waals surface area (Å²) in [5.41, 5.74) is 1.36. The Morgan fingerprint density at radius 1 is 1.19 bits per heavy atom. The van der Waals surface area contributed by atoms with Gasteiger partial charge in [0, 0.05) is 47.1 Å². The van der Waals surface area contributed by atoms with Gasteiger partial charge in [-0.15, -0.1) is 0 Å². The van der Waals surface area contributed by atoms with Gasteiger partial charge in [-0.05, 0) is 37.6 Å². The van der Waals surface area contributed by atoms with Crippen molar-refractivity contribution in [3.05, 3.63) is 36.9 Å². The second-order valence-corrected chi connectivity index (χ2v) is 18.1. The lowest BCUT2D eigenvalue weighted by molar-refractivity contribution is 0.0899. The minimum atomic E-state index is -3.32. The molecule has 1 fully saturated rings. The number of fused-ring (bicyclic) bond motifs is 1. The van der Waals surface area contributed by atoms with Crippen LogP contribution in [0.4, 0.5) is 17.3 Å². The Labute approximate surface area is 214 Å². The number of likely N-dealkylation sites (N-methyl/N-ethyl adjacent to an activating group) is 1. The molecule has 36 heavy (non-hydrogen) atoms. The van der Waals surface area contributed by atoms with E-state index in [1.54, 1.807) is 25.5 Å². The molecule has 3 aromatic heterocycles. The molecule has 0 radical (unpaired) electrons. The zero-order valence-electron chi connectivity index (χ0n) is 21.8. The molecule has 4 heterocycles. The lowest BCUT2D eigenvalue weighted by Gasteiger charge is -2.26. The van der Waals surface area contributed by atoms with E-state index in [-0.39, 0.29) is 11.8 Å². The molecule has 0 spiro atoms. The summed E-state index contributed by atoms with van der Waals surface area (Å²) in [6.07, 6.45) is 6.18. The van der Waals surface area contributed by atoms with Gasteiger partial charge in [-0.3, -0.25) is 4.72 Å². The van der Waals surface area contributed by atoms with Gasteiger partial charge in [0.2, 0.25) is 10.0 Å². The van der Waals surface area contributed by atoms with E-state index in [4.69, 9.17) is 4.74 Å². The molecule has 0 saturated carbocycles. The van der Waals surface area contributed by atoms with Crippen LogP contribution < -0.4 is 14.5 Å². The van der Waals surface area contributed by atoms with Gasteiger partial charge in [0.25, 0.3) is 0 Å². The van der Waals surface area contributed by atoms with Crippen LogP contribution in [-0.2, 0) is 21.5 Å². The van der Waals surface area contributed by atoms with E-state index in [9.17, 15) is 8.42 Å². The topological polar surface area (TPSA) is 105 Å². The van der Waals surface area contributed by atoms with E-state index in [0.717, 1.165) is 54.8 Å². The summed E-state index contributed by atoms with van der Waals surface area (Å²) in [5, 5.41) is 1.03. The predicted molar refractivity (Wildman–Crippen MR) is 148 cm³/mol.